The number of anilines is 1. The highest BCUT2D eigenvalue weighted by Gasteiger charge is 2.24. The molecule has 1 aromatic carbocycles. The molecular weight excluding hydrogens is 289 g/mol. The number of carbonyl (C=O) groups is 1. The van der Waals surface area contributed by atoms with Crippen molar-refractivity contribution >= 4 is 29.5 Å². The third-order valence-electron chi connectivity index (χ3n) is 3.53. The predicted molar refractivity (Wildman–Crippen MR) is 86.4 cm³/mol. The maximum Gasteiger partial charge on any atom is 0.328 e. The molecule has 0 atom stereocenters. The molecule has 1 heterocycles. The summed E-state index contributed by atoms with van der Waals surface area (Å²) in [7, 11) is 0. The molecule has 1 saturated heterocycles. The van der Waals surface area contributed by atoms with Crippen LogP contribution in [-0.4, -0.2) is 34.7 Å². The minimum atomic E-state index is -1.03. The molecule has 0 saturated carbocycles. The third kappa shape index (κ3) is 4.77. The van der Waals surface area contributed by atoms with Gasteiger partial charge in [-0.25, -0.2) is 9.18 Å². The molecule has 0 aromatic heterocycles. The van der Waals surface area contributed by atoms with E-state index in [1.54, 1.807) is 0 Å². The summed E-state index contributed by atoms with van der Waals surface area (Å²) < 4.78 is 14.0. The van der Waals surface area contributed by atoms with Crippen LogP contribution in [0.5, 0.6) is 0 Å². The minimum Gasteiger partial charge on any atom is -0.478 e. The number of rotatable bonds is 3. The van der Waals surface area contributed by atoms with Gasteiger partial charge >= 0.3 is 5.97 Å². The van der Waals surface area contributed by atoms with Crippen molar-refractivity contribution in [3.05, 3.63) is 35.7 Å². The Morgan fingerprint density at radius 2 is 2.14 bits per heavy atom. The van der Waals surface area contributed by atoms with Crippen LogP contribution < -0.4 is 4.90 Å². The van der Waals surface area contributed by atoms with E-state index in [1.165, 1.54) is 18.2 Å². The number of hydrogen-bond donors (Lipinski definition) is 1. The number of benzene rings is 1. The molecule has 0 unspecified atom stereocenters. The Kier molecular flexibility index (Phi) is 4.93. The van der Waals surface area contributed by atoms with E-state index in [9.17, 15) is 9.18 Å². The zero-order chi connectivity index (χ0) is 15.5. The van der Waals surface area contributed by atoms with Gasteiger partial charge < -0.3 is 10.0 Å². The Labute approximate surface area is 128 Å². The molecule has 1 aromatic rings. The second kappa shape index (κ2) is 6.52. The smallest absolute Gasteiger partial charge is 0.328 e. The number of carboxylic acid groups (broad SMARTS) is 1. The van der Waals surface area contributed by atoms with E-state index < -0.39 is 5.97 Å². The first kappa shape index (κ1) is 15.9. The first-order chi connectivity index (χ1) is 9.85. The molecule has 21 heavy (non-hydrogen) atoms. The first-order valence-corrected chi connectivity index (χ1v) is 7.95. The van der Waals surface area contributed by atoms with Gasteiger partial charge in [-0.1, -0.05) is 13.8 Å². The van der Waals surface area contributed by atoms with Gasteiger partial charge in [0.05, 0.1) is 0 Å². The standard InChI is InChI=1S/C16H20FNO2S/c1-16(2)5-6-18(7-8-21-16)14-10-12(3-4-15(19)20)9-13(17)11-14/h3-4,9-11H,5-8H2,1-2H3,(H,19,20)/b4-3+. The number of nitrogens with zero attached hydrogens (tertiary/aromatic N) is 1. The number of aliphatic carboxylic acids is 1. The maximum atomic E-state index is 13.7. The van der Waals surface area contributed by atoms with Gasteiger partial charge in [-0.3, -0.25) is 0 Å². The lowest BCUT2D eigenvalue weighted by molar-refractivity contribution is -0.131. The van der Waals surface area contributed by atoms with Gasteiger partial charge in [0.2, 0.25) is 0 Å². The van der Waals surface area contributed by atoms with Crippen LogP contribution in [0.15, 0.2) is 24.3 Å². The van der Waals surface area contributed by atoms with Gasteiger partial charge in [-0.15, -0.1) is 0 Å². The van der Waals surface area contributed by atoms with Crippen LogP contribution >= 0.6 is 11.8 Å². The van der Waals surface area contributed by atoms with Gasteiger partial charge in [0, 0.05) is 35.4 Å². The topological polar surface area (TPSA) is 40.5 Å². The van der Waals surface area contributed by atoms with Crippen LogP contribution in [0.1, 0.15) is 25.8 Å². The van der Waals surface area contributed by atoms with Crippen LogP contribution in [0.3, 0.4) is 0 Å². The lowest BCUT2D eigenvalue weighted by atomic mass is 10.1. The van der Waals surface area contributed by atoms with E-state index >= 15 is 0 Å². The maximum absolute atomic E-state index is 13.7. The average Bonchev–Trinajstić information content (AvgIpc) is 2.57. The summed E-state index contributed by atoms with van der Waals surface area (Å²) in [6.07, 6.45) is 3.49. The molecule has 1 fully saturated rings. The lowest BCUT2D eigenvalue weighted by Crippen LogP contribution is -2.27. The van der Waals surface area contributed by atoms with Crippen molar-refractivity contribution in [3.63, 3.8) is 0 Å². The predicted octanol–water partition coefficient (Wildman–Crippen LogP) is 3.65. The summed E-state index contributed by atoms with van der Waals surface area (Å²) in [5.41, 5.74) is 1.39. The Morgan fingerprint density at radius 3 is 2.86 bits per heavy atom. The second-order valence-electron chi connectivity index (χ2n) is 5.76. The molecule has 0 aliphatic carbocycles. The highest BCUT2D eigenvalue weighted by Crippen LogP contribution is 2.32. The van der Waals surface area contributed by atoms with Gasteiger partial charge in [0.15, 0.2) is 0 Å². The summed E-state index contributed by atoms with van der Waals surface area (Å²) in [5.74, 6) is -0.369. The van der Waals surface area contributed by atoms with Crippen molar-refractivity contribution in [1.82, 2.24) is 0 Å². The van der Waals surface area contributed by atoms with Gasteiger partial charge in [-0.05, 0) is 36.3 Å². The monoisotopic (exact) mass is 309 g/mol. The Balaban J connectivity index is 2.21. The molecule has 1 N–H and O–H groups in total. The molecule has 5 heteroatoms. The summed E-state index contributed by atoms with van der Waals surface area (Å²) in [5, 5.41) is 8.66. The highest BCUT2D eigenvalue weighted by molar-refractivity contribution is 8.00. The summed E-state index contributed by atoms with van der Waals surface area (Å²) in [6.45, 7) is 6.21. The minimum absolute atomic E-state index is 0.244. The fraction of sp³-hybridized carbons (Fsp3) is 0.438. The second-order valence-corrected chi connectivity index (χ2v) is 7.56. The third-order valence-corrected chi connectivity index (χ3v) is 4.90. The van der Waals surface area contributed by atoms with Gasteiger partial charge in [0.25, 0.3) is 0 Å². The first-order valence-electron chi connectivity index (χ1n) is 6.96. The zero-order valence-corrected chi connectivity index (χ0v) is 13.1. The van der Waals surface area contributed by atoms with E-state index in [0.717, 1.165) is 37.0 Å². The van der Waals surface area contributed by atoms with Crippen molar-refractivity contribution in [2.45, 2.75) is 25.0 Å². The van der Waals surface area contributed by atoms with Crippen LogP contribution in [0, 0.1) is 5.82 Å². The normalized spacial score (nSPS) is 18.7. The van der Waals surface area contributed by atoms with Crippen molar-refractivity contribution in [1.29, 1.82) is 0 Å². The number of thioether (sulfide) groups is 1. The quantitative estimate of drug-likeness (QED) is 0.865. The van der Waals surface area contributed by atoms with E-state index in [4.69, 9.17) is 5.11 Å². The molecule has 0 amide bonds. The number of halogens is 1. The van der Waals surface area contributed by atoms with Crippen LogP contribution in [-0.2, 0) is 4.79 Å². The van der Waals surface area contributed by atoms with Gasteiger partial charge in [0.1, 0.15) is 5.82 Å². The highest BCUT2D eigenvalue weighted by atomic mass is 32.2. The van der Waals surface area contributed by atoms with E-state index in [2.05, 4.69) is 18.7 Å². The molecule has 1 aliphatic heterocycles. The van der Waals surface area contributed by atoms with Crippen LogP contribution in [0.4, 0.5) is 10.1 Å². The Bertz CT molecular complexity index is 557. The van der Waals surface area contributed by atoms with Gasteiger partial charge in [-0.2, -0.15) is 11.8 Å². The summed E-state index contributed by atoms with van der Waals surface area (Å²) >= 11 is 1.94. The Morgan fingerprint density at radius 1 is 1.38 bits per heavy atom. The molecule has 114 valence electrons. The molecule has 0 spiro atoms. The fourth-order valence-electron chi connectivity index (χ4n) is 2.32. The molecule has 3 nitrogen and oxygen atoms in total. The van der Waals surface area contributed by atoms with Crippen molar-refractivity contribution in [3.8, 4) is 0 Å². The summed E-state index contributed by atoms with van der Waals surface area (Å²) in [6, 6.07) is 4.70. The number of hydrogen-bond acceptors (Lipinski definition) is 3. The fourth-order valence-corrected chi connectivity index (χ4v) is 3.42. The molecule has 0 radical (unpaired) electrons. The summed E-state index contributed by atoms with van der Waals surface area (Å²) in [4.78, 5) is 12.7. The van der Waals surface area contributed by atoms with E-state index in [1.807, 2.05) is 17.8 Å². The lowest BCUT2D eigenvalue weighted by Gasteiger charge is -2.24. The van der Waals surface area contributed by atoms with Crippen LogP contribution in [0.25, 0.3) is 6.08 Å². The van der Waals surface area contributed by atoms with E-state index in [-0.39, 0.29) is 10.6 Å². The van der Waals surface area contributed by atoms with E-state index in [0.29, 0.717) is 5.56 Å². The average molecular weight is 309 g/mol. The molecular formula is C16H20FNO2S. The zero-order valence-electron chi connectivity index (χ0n) is 12.3. The van der Waals surface area contributed by atoms with Crippen molar-refractivity contribution < 1.29 is 14.3 Å². The van der Waals surface area contributed by atoms with Crippen molar-refractivity contribution in [2.24, 2.45) is 0 Å². The molecule has 0 bridgehead atoms. The molecule has 1 aliphatic rings. The van der Waals surface area contributed by atoms with Crippen molar-refractivity contribution in [2.75, 3.05) is 23.7 Å². The van der Waals surface area contributed by atoms with Crippen LogP contribution in [0.2, 0.25) is 0 Å². The number of carboxylic acids is 1. The largest absolute Gasteiger partial charge is 0.478 e. The SMILES string of the molecule is CC1(C)CCN(c2cc(F)cc(/C=C/C(=O)O)c2)CCS1. The molecule has 2 rings (SSSR count). The Hall–Kier alpha value is -1.49.